The number of nitrogens with one attached hydrogen (secondary N) is 1. The third kappa shape index (κ3) is 7.05. The smallest absolute Gasteiger partial charge is 0.234 e. The van der Waals surface area contributed by atoms with Crippen molar-refractivity contribution in [2.45, 2.75) is 58.3 Å². The standard InChI is InChI=1S/C25H31FN4O2S/c1-16(2)14-30-24(18(5)32-22-11-9-19(10-12-22)17(3)4)28-29-25(30)33-15-23(31)27-21-8-6-7-20(26)13-21/h6-13,16-18H,14-15H2,1-5H3,(H,27,31). The second-order valence-corrected chi connectivity index (χ2v) is 9.62. The highest BCUT2D eigenvalue weighted by Gasteiger charge is 2.21. The number of nitrogens with zero attached hydrogens (tertiary/aromatic N) is 3. The number of rotatable bonds is 10. The summed E-state index contributed by atoms with van der Waals surface area (Å²) in [6.45, 7) is 11.2. The molecule has 0 saturated heterocycles. The van der Waals surface area contributed by atoms with Gasteiger partial charge in [0.1, 0.15) is 11.6 Å². The van der Waals surface area contributed by atoms with Gasteiger partial charge in [-0.25, -0.2) is 4.39 Å². The van der Waals surface area contributed by atoms with Crippen molar-refractivity contribution in [3.05, 3.63) is 65.7 Å². The molecule has 176 valence electrons. The van der Waals surface area contributed by atoms with Crippen LogP contribution in [0.2, 0.25) is 0 Å². The summed E-state index contributed by atoms with van der Waals surface area (Å²) < 4.78 is 21.5. The van der Waals surface area contributed by atoms with Crippen molar-refractivity contribution >= 4 is 23.4 Å². The van der Waals surface area contributed by atoms with Crippen molar-refractivity contribution in [1.82, 2.24) is 14.8 Å². The Balaban J connectivity index is 1.68. The summed E-state index contributed by atoms with van der Waals surface area (Å²) in [5.74, 6) is 1.81. The van der Waals surface area contributed by atoms with Crippen LogP contribution in [0.25, 0.3) is 0 Å². The minimum atomic E-state index is -0.394. The summed E-state index contributed by atoms with van der Waals surface area (Å²) in [7, 11) is 0. The average Bonchev–Trinajstić information content (AvgIpc) is 3.14. The Labute approximate surface area is 199 Å². The van der Waals surface area contributed by atoms with E-state index in [2.05, 4.69) is 55.3 Å². The number of aromatic nitrogens is 3. The molecule has 0 spiro atoms. The Morgan fingerprint density at radius 1 is 1.09 bits per heavy atom. The molecule has 1 amide bonds. The molecule has 1 unspecified atom stereocenters. The van der Waals surface area contributed by atoms with Crippen molar-refractivity contribution in [2.75, 3.05) is 11.1 Å². The molecule has 3 rings (SSSR count). The van der Waals surface area contributed by atoms with Crippen LogP contribution < -0.4 is 10.1 Å². The Morgan fingerprint density at radius 3 is 2.45 bits per heavy atom. The SMILES string of the molecule is CC(C)Cn1c(SCC(=O)Nc2cccc(F)c2)nnc1C(C)Oc1ccc(C(C)C)cc1. The van der Waals surface area contributed by atoms with Gasteiger partial charge in [-0.1, -0.05) is 57.7 Å². The number of anilines is 1. The van der Waals surface area contributed by atoms with Crippen LogP contribution >= 0.6 is 11.8 Å². The largest absolute Gasteiger partial charge is 0.483 e. The van der Waals surface area contributed by atoms with Gasteiger partial charge in [0.05, 0.1) is 5.75 Å². The number of hydrogen-bond donors (Lipinski definition) is 1. The molecular weight excluding hydrogens is 439 g/mol. The van der Waals surface area contributed by atoms with Gasteiger partial charge in [-0.2, -0.15) is 0 Å². The maximum atomic E-state index is 13.3. The van der Waals surface area contributed by atoms with Crippen molar-refractivity contribution < 1.29 is 13.9 Å². The molecule has 1 heterocycles. The molecule has 0 aliphatic rings. The van der Waals surface area contributed by atoms with Crippen molar-refractivity contribution in [2.24, 2.45) is 5.92 Å². The van der Waals surface area contributed by atoms with E-state index in [-0.39, 0.29) is 17.8 Å². The molecule has 0 aliphatic heterocycles. The van der Waals surface area contributed by atoms with Crippen LogP contribution in [0, 0.1) is 11.7 Å². The van der Waals surface area contributed by atoms with E-state index in [9.17, 15) is 9.18 Å². The molecule has 1 N–H and O–H groups in total. The van der Waals surface area contributed by atoms with Crippen molar-refractivity contribution in [3.63, 3.8) is 0 Å². The number of carbonyl (C=O) groups excluding carboxylic acids is 1. The lowest BCUT2D eigenvalue weighted by molar-refractivity contribution is -0.113. The van der Waals surface area contributed by atoms with E-state index in [0.29, 0.717) is 35.0 Å². The molecule has 0 fully saturated rings. The lowest BCUT2D eigenvalue weighted by Gasteiger charge is -2.18. The van der Waals surface area contributed by atoms with Gasteiger partial charge >= 0.3 is 0 Å². The highest BCUT2D eigenvalue weighted by molar-refractivity contribution is 7.99. The van der Waals surface area contributed by atoms with Gasteiger partial charge in [0.25, 0.3) is 0 Å². The van der Waals surface area contributed by atoms with E-state index in [1.165, 1.54) is 29.5 Å². The Bertz CT molecular complexity index is 1070. The zero-order valence-electron chi connectivity index (χ0n) is 19.7. The van der Waals surface area contributed by atoms with E-state index in [0.717, 1.165) is 5.75 Å². The summed E-state index contributed by atoms with van der Waals surface area (Å²) in [4.78, 5) is 12.4. The maximum Gasteiger partial charge on any atom is 0.234 e. The summed E-state index contributed by atoms with van der Waals surface area (Å²) in [5.41, 5.74) is 1.68. The van der Waals surface area contributed by atoms with Crippen LogP contribution in [0.3, 0.4) is 0 Å². The van der Waals surface area contributed by atoms with Gasteiger partial charge in [0.2, 0.25) is 5.91 Å². The Morgan fingerprint density at radius 2 is 1.82 bits per heavy atom. The highest BCUT2D eigenvalue weighted by atomic mass is 32.2. The van der Waals surface area contributed by atoms with Crippen LogP contribution in [-0.4, -0.2) is 26.4 Å². The maximum absolute atomic E-state index is 13.3. The highest BCUT2D eigenvalue weighted by Crippen LogP contribution is 2.27. The number of benzene rings is 2. The lowest BCUT2D eigenvalue weighted by Crippen LogP contribution is -2.17. The van der Waals surface area contributed by atoms with Gasteiger partial charge in [0.15, 0.2) is 17.1 Å². The average molecular weight is 471 g/mol. The van der Waals surface area contributed by atoms with Crippen LogP contribution in [0.15, 0.2) is 53.7 Å². The number of ether oxygens (including phenoxy) is 1. The predicted molar refractivity (Wildman–Crippen MR) is 130 cm³/mol. The van der Waals surface area contributed by atoms with Crippen molar-refractivity contribution in [1.29, 1.82) is 0 Å². The van der Waals surface area contributed by atoms with Crippen molar-refractivity contribution in [3.8, 4) is 5.75 Å². The second-order valence-electron chi connectivity index (χ2n) is 8.68. The zero-order chi connectivity index (χ0) is 24.0. The summed E-state index contributed by atoms with van der Waals surface area (Å²) >= 11 is 1.30. The number of hydrogen-bond acceptors (Lipinski definition) is 5. The molecule has 0 aliphatic carbocycles. The summed E-state index contributed by atoms with van der Waals surface area (Å²) in [6.07, 6.45) is -0.309. The fraction of sp³-hybridized carbons (Fsp3) is 0.400. The summed E-state index contributed by atoms with van der Waals surface area (Å²) in [6, 6.07) is 13.9. The molecular formula is C25H31FN4O2S. The van der Waals surface area contributed by atoms with E-state index in [1.54, 1.807) is 12.1 Å². The molecule has 0 radical (unpaired) electrons. The first-order valence-electron chi connectivity index (χ1n) is 11.1. The molecule has 8 heteroatoms. The van der Waals surface area contributed by atoms with Gasteiger partial charge in [-0.05, 0) is 54.7 Å². The predicted octanol–water partition coefficient (Wildman–Crippen LogP) is 6.07. The number of carbonyl (C=O) groups is 1. The third-order valence-corrected chi connectivity index (χ3v) is 5.92. The Hall–Kier alpha value is -2.87. The molecule has 2 aromatic carbocycles. The molecule has 3 aromatic rings. The fourth-order valence-corrected chi connectivity index (χ4v) is 4.08. The monoisotopic (exact) mass is 470 g/mol. The van der Waals surface area contributed by atoms with E-state index in [4.69, 9.17) is 4.74 Å². The van der Waals surface area contributed by atoms with Gasteiger partial charge < -0.3 is 14.6 Å². The van der Waals surface area contributed by atoms with E-state index >= 15 is 0 Å². The first kappa shape index (κ1) is 24.8. The molecule has 1 atom stereocenters. The quantitative estimate of drug-likeness (QED) is 0.364. The number of thioether (sulfide) groups is 1. The second kappa shape index (κ2) is 11.3. The molecule has 1 aromatic heterocycles. The topological polar surface area (TPSA) is 69.0 Å². The molecule has 6 nitrogen and oxygen atoms in total. The van der Waals surface area contributed by atoms with Crippen LogP contribution in [-0.2, 0) is 11.3 Å². The fourth-order valence-electron chi connectivity index (χ4n) is 3.33. The van der Waals surface area contributed by atoms with Crippen LogP contribution in [0.5, 0.6) is 5.75 Å². The first-order valence-corrected chi connectivity index (χ1v) is 12.1. The van der Waals surface area contributed by atoms with E-state index in [1.807, 2.05) is 23.6 Å². The normalized spacial score (nSPS) is 12.2. The van der Waals surface area contributed by atoms with Crippen LogP contribution in [0.4, 0.5) is 10.1 Å². The van der Waals surface area contributed by atoms with Crippen LogP contribution in [0.1, 0.15) is 58.0 Å². The molecule has 0 bridgehead atoms. The first-order chi connectivity index (χ1) is 15.7. The van der Waals surface area contributed by atoms with Gasteiger partial charge in [0, 0.05) is 12.2 Å². The molecule has 0 saturated carbocycles. The zero-order valence-corrected chi connectivity index (χ0v) is 20.5. The third-order valence-electron chi connectivity index (χ3n) is 4.96. The van der Waals surface area contributed by atoms with Gasteiger partial charge in [-0.15, -0.1) is 10.2 Å². The minimum Gasteiger partial charge on any atom is -0.483 e. The number of halogens is 1. The number of amides is 1. The van der Waals surface area contributed by atoms with E-state index < -0.39 is 5.82 Å². The lowest BCUT2D eigenvalue weighted by atomic mass is 10.0. The minimum absolute atomic E-state index is 0.138. The summed E-state index contributed by atoms with van der Waals surface area (Å²) in [5, 5.41) is 12.0. The molecule has 33 heavy (non-hydrogen) atoms. The Kier molecular flexibility index (Phi) is 8.49. The van der Waals surface area contributed by atoms with Gasteiger partial charge in [-0.3, -0.25) is 4.79 Å².